The summed E-state index contributed by atoms with van der Waals surface area (Å²) in [5, 5.41) is 13.9. The first kappa shape index (κ1) is 14.7. The molecule has 0 bridgehead atoms. The second-order valence-electron chi connectivity index (χ2n) is 6.70. The fourth-order valence-electron chi connectivity index (χ4n) is 3.81. The molecule has 0 spiro atoms. The fourth-order valence-corrected chi connectivity index (χ4v) is 3.81. The standard InChI is InChI=1S/C18H23N3O2/c1-23-16-10-14-4-2-3-13(14)9-15(16)17-20-7-8-21(17)12-18(22)5-6-19-11-18/h7-10,19,22H,2-6,11-12H2,1H3. The minimum Gasteiger partial charge on any atom is -0.496 e. The number of fused-ring (bicyclic) bond motifs is 1. The van der Waals surface area contributed by atoms with Crippen LogP contribution in [0, 0.1) is 0 Å². The summed E-state index contributed by atoms with van der Waals surface area (Å²) in [5.41, 5.74) is 3.12. The van der Waals surface area contributed by atoms with Gasteiger partial charge in [0.05, 0.1) is 24.8 Å². The number of benzene rings is 1. The minimum atomic E-state index is -0.695. The van der Waals surface area contributed by atoms with E-state index in [1.54, 1.807) is 13.3 Å². The molecular formula is C18H23N3O2. The van der Waals surface area contributed by atoms with Crippen LogP contribution in [0.4, 0.5) is 0 Å². The highest BCUT2D eigenvalue weighted by Crippen LogP contribution is 2.36. The number of hydrogen-bond acceptors (Lipinski definition) is 4. The zero-order valence-corrected chi connectivity index (χ0v) is 13.5. The first-order valence-electron chi connectivity index (χ1n) is 8.33. The third kappa shape index (κ3) is 2.64. The van der Waals surface area contributed by atoms with Gasteiger partial charge in [0.1, 0.15) is 11.6 Å². The Labute approximate surface area is 136 Å². The van der Waals surface area contributed by atoms with Gasteiger partial charge in [-0.3, -0.25) is 0 Å². The summed E-state index contributed by atoms with van der Waals surface area (Å²) >= 11 is 0. The SMILES string of the molecule is COc1cc2c(cc1-c1nccn1CC1(O)CCNC1)CCC2. The van der Waals surface area contributed by atoms with Gasteiger partial charge in [0.25, 0.3) is 0 Å². The van der Waals surface area contributed by atoms with Gasteiger partial charge in [-0.15, -0.1) is 0 Å². The number of ether oxygens (including phenoxy) is 1. The van der Waals surface area contributed by atoms with Crippen LogP contribution in [-0.4, -0.2) is 40.5 Å². The molecule has 122 valence electrons. The van der Waals surface area contributed by atoms with E-state index >= 15 is 0 Å². The Bertz CT molecular complexity index is 717. The maximum absolute atomic E-state index is 10.7. The molecule has 1 aromatic heterocycles. The molecule has 5 nitrogen and oxygen atoms in total. The van der Waals surface area contributed by atoms with Crippen LogP contribution in [-0.2, 0) is 19.4 Å². The second kappa shape index (κ2) is 5.65. The average Bonchev–Trinajstić information content (AvgIpc) is 3.26. The van der Waals surface area contributed by atoms with Crippen molar-refractivity contribution in [1.82, 2.24) is 14.9 Å². The van der Waals surface area contributed by atoms with Crippen molar-refractivity contribution in [2.24, 2.45) is 0 Å². The molecule has 1 unspecified atom stereocenters. The molecule has 4 rings (SSSR count). The van der Waals surface area contributed by atoms with E-state index in [1.165, 1.54) is 17.5 Å². The molecule has 23 heavy (non-hydrogen) atoms. The van der Waals surface area contributed by atoms with Crippen molar-refractivity contribution in [3.8, 4) is 17.1 Å². The van der Waals surface area contributed by atoms with Gasteiger partial charge in [-0.25, -0.2) is 4.98 Å². The molecule has 0 radical (unpaired) electrons. The first-order chi connectivity index (χ1) is 11.2. The Morgan fingerprint density at radius 2 is 2.17 bits per heavy atom. The topological polar surface area (TPSA) is 59.3 Å². The van der Waals surface area contributed by atoms with Crippen molar-refractivity contribution in [2.45, 2.75) is 37.8 Å². The van der Waals surface area contributed by atoms with Gasteiger partial charge in [0.15, 0.2) is 0 Å². The number of hydrogen-bond donors (Lipinski definition) is 2. The van der Waals surface area contributed by atoms with Gasteiger partial charge in [-0.1, -0.05) is 0 Å². The van der Waals surface area contributed by atoms with E-state index in [1.807, 2.05) is 10.8 Å². The van der Waals surface area contributed by atoms with Gasteiger partial charge < -0.3 is 19.7 Å². The number of nitrogens with zero attached hydrogens (tertiary/aromatic N) is 2. The van der Waals surface area contributed by atoms with Crippen LogP contribution in [0.25, 0.3) is 11.4 Å². The van der Waals surface area contributed by atoms with Gasteiger partial charge in [0.2, 0.25) is 0 Å². The van der Waals surface area contributed by atoms with Crippen LogP contribution >= 0.6 is 0 Å². The molecule has 1 aliphatic heterocycles. The van der Waals surface area contributed by atoms with Crippen LogP contribution < -0.4 is 10.1 Å². The number of aryl methyl sites for hydroxylation is 2. The summed E-state index contributed by atoms with van der Waals surface area (Å²) < 4.78 is 7.66. The van der Waals surface area contributed by atoms with Crippen LogP contribution in [0.1, 0.15) is 24.0 Å². The zero-order valence-electron chi connectivity index (χ0n) is 13.5. The van der Waals surface area contributed by atoms with Crippen LogP contribution in [0.15, 0.2) is 24.5 Å². The number of aliphatic hydroxyl groups is 1. The molecule has 0 amide bonds. The number of methoxy groups -OCH3 is 1. The van der Waals surface area contributed by atoms with E-state index < -0.39 is 5.60 Å². The van der Waals surface area contributed by atoms with E-state index in [0.29, 0.717) is 13.1 Å². The molecule has 2 aromatic rings. The lowest BCUT2D eigenvalue weighted by Gasteiger charge is -2.23. The predicted molar refractivity (Wildman–Crippen MR) is 88.7 cm³/mol. The Morgan fingerprint density at radius 3 is 2.91 bits per heavy atom. The van der Waals surface area contributed by atoms with Gasteiger partial charge >= 0.3 is 0 Å². The number of β-amino-alcohol motifs (C(OH)–C–C–N with tert-alkyl or cyclic N) is 1. The molecular weight excluding hydrogens is 290 g/mol. The highest BCUT2D eigenvalue weighted by Gasteiger charge is 2.32. The van der Waals surface area contributed by atoms with Crippen molar-refractivity contribution in [3.05, 3.63) is 35.7 Å². The summed E-state index contributed by atoms with van der Waals surface area (Å²) in [6, 6.07) is 4.37. The van der Waals surface area contributed by atoms with Crippen LogP contribution in [0.3, 0.4) is 0 Å². The van der Waals surface area contributed by atoms with Crippen molar-refractivity contribution in [2.75, 3.05) is 20.2 Å². The smallest absolute Gasteiger partial charge is 0.143 e. The normalized spacial score (nSPS) is 23.2. The number of rotatable bonds is 4. The van der Waals surface area contributed by atoms with Crippen molar-refractivity contribution >= 4 is 0 Å². The molecule has 1 fully saturated rings. The monoisotopic (exact) mass is 313 g/mol. The largest absolute Gasteiger partial charge is 0.496 e. The van der Waals surface area contributed by atoms with E-state index in [-0.39, 0.29) is 0 Å². The number of aromatic nitrogens is 2. The van der Waals surface area contributed by atoms with E-state index in [4.69, 9.17) is 4.74 Å². The first-order valence-corrected chi connectivity index (χ1v) is 8.33. The highest BCUT2D eigenvalue weighted by atomic mass is 16.5. The lowest BCUT2D eigenvalue weighted by Crippen LogP contribution is -2.36. The number of imidazole rings is 1. The van der Waals surface area contributed by atoms with E-state index in [9.17, 15) is 5.11 Å². The van der Waals surface area contributed by atoms with Crippen LogP contribution in [0.5, 0.6) is 5.75 Å². The highest BCUT2D eigenvalue weighted by molar-refractivity contribution is 5.67. The van der Waals surface area contributed by atoms with E-state index in [0.717, 1.165) is 42.9 Å². The molecule has 2 aliphatic rings. The Morgan fingerprint density at radius 1 is 1.35 bits per heavy atom. The van der Waals surface area contributed by atoms with Crippen molar-refractivity contribution < 1.29 is 9.84 Å². The molecule has 5 heteroatoms. The van der Waals surface area contributed by atoms with Gasteiger partial charge in [-0.2, -0.15) is 0 Å². The summed E-state index contributed by atoms with van der Waals surface area (Å²) in [5.74, 6) is 1.74. The van der Waals surface area contributed by atoms with Crippen molar-refractivity contribution in [3.63, 3.8) is 0 Å². The molecule has 2 N–H and O–H groups in total. The number of nitrogens with one attached hydrogen (secondary N) is 1. The second-order valence-corrected chi connectivity index (χ2v) is 6.70. The summed E-state index contributed by atoms with van der Waals surface area (Å²) in [7, 11) is 1.71. The summed E-state index contributed by atoms with van der Waals surface area (Å²) in [4.78, 5) is 4.55. The lowest BCUT2D eigenvalue weighted by molar-refractivity contribution is 0.0436. The molecule has 2 heterocycles. The third-order valence-electron chi connectivity index (χ3n) is 5.06. The van der Waals surface area contributed by atoms with Crippen LogP contribution in [0.2, 0.25) is 0 Å². The maximum atomic E-state index is 10.7. The maximum Gasteiger partial charge on any atom is 0.143 e. The summed E-state index contributed by atoms with van der Waals surface area (Å²) in [6.45, 7) is 2.05. The lowest BCUT2D eigenvalue weighted by atomic mass is 10.0. The van der Waals surface area contributed by atoms with E-state index in [2.05, 4.69) is 22.4 Å². The molecule has 1 aromatic carbocycles. The Hall–Kier alpha value is -1.85. The molecule has 1 aliphatic carbocycles. The zero-order chi connectivity index (χ0) is 15.9. The molecule has 1 atom stereocenters. The Kier molecular flexibility index (Phi) is 3.62. The quantitative estimate of drug-likeness (QED) is 0.903. The van der Waals surface area contributed by atoms with Crippen molar-refractivity contribution in [1.29, 1.82) is 0 Å². The molecule has 0 saturated carbocycles. The Balaban J connectivity index is 1.73. The summed E-state index contributed by atoms with van der Waals surface area (Å²) in [6.07, 6.45) is 7.98. The predicted octanol–water partition coefficient (Wildman–Crippen LogP) is 1.77. The minimum absolute atomic E-state index is 0.551. The molecule has 1 saturated heterocycles. The fraction of sp³-hybridized carbons (Fsp3) is 0.500. The average molecular weight is 313 g/mol. The third-order valence-corrected chi connectivity index (χ3v) is 5.06. The van der Waals surface area contributed by atoms with Gasteiger partial charge in [0, 0.05) is 18.9 Å². The van der Waals surface area contributed by atoms with Gasteiger partial charge in [-0.05, 0) is 55.5 Å².